The van der Waals surface area contributed by atoms with Gasteiger partial charge in [0.05, 0.1) is 5.54 Å². The lowest BCUT2D eigenvalue weighted by Gasteiger charge is -2.18. The van der Waals surface area contributed by atoms with E-state index in [0.717, 1.165) is 0 Å². The quantitative estimate of drug-likeness (QED) is 0.871. The number of halogens is 3. The molecule has 0 unspecified atom stereocenters. The van der Waals surface area contributed by atoms with E-state index in [4.69, 9.17) is 5.73 Å². The van der Waals surface area contributed by atoms with Crippen molar-refractivity contribution in [2.24, 2.45) is 5.73 Å². The monoisotopic (exact) mass is 290 g/mol. The number of amides is 1. The molecule has 0 bridgehead atoms. The molecule has 0 saturated heterocycles. The summed E-state index contributed by atoms with van der Waals surface area (Å²) in [6.45, 7) is 3.27. The number of hydrogen-bond donors (Lipinski definition) is 2. The van der Waals surface area contributed by atoms with E-state index < -0.39 is 11.9 Å². The number of alkyl halides is 3. The maximum Gasteiger partial charge on any atom is 0.573 e. The van der Waals surface area contributed by atoms with Gasteiger partial charge in [-0.25, -0.2) is 0 Å². The van der Waals surface area contributed by atoms with Crippen LogP contribution in [-0.2, 0) is 11.2 Å². The van der Waals surface area contributed by atoms with Gasteiger partial charge in [0, 0.05) is 6.54 Å². The van der Waals surface area contributed by atoms with Gasteiger partial charge in [0.15, 0.2) is 0 Å². The number of rotatable bonds is 5. The molecule has 0 fully saturated rings. The fraction of sp³-hybridized carbons (Fsp3) is 0.462. The van der Waals surface area contributed by atoms with Crippen LogP contribution in [0.4, 0.5) is 13.2 Å². The van der Waals surface area contributed by atoms with Crippen LogP contribution in [0.3, 0.4) is 0 Å². The molecule has 0 aliphatic heterocycles. The Bertz CT molecular complexity index is 467. The van der Waals surface area contributed by atoms with Crippen LogP contribution in [0.2, 0.25) is 0 Å². The minimum absolute atomic E-state index is 0.178. The van der Waals surface area contributed by atoms with E-state index in [1.807, 2.05) is 0 Å². The number of carbonyl (C=O) groups excluding carboxylic acids is 1. The van der Waals surface area contributed by atoms with Gasteiger partial charge in [-0.2, -0.15) is 0 Å². The molecule has 1 aromatic carbocycles. The van der Waals surface area contributed by atoms with Crippen molar-refractivity contribution in [3.63, 3.8) is 0 Å². The van der Waals surface area contributed by atoms with Crippen LogP contribution in [0.25, 0.3) is 0 Å². The fourth-order valence-corrected chi connectivity index (χ4v) is 1.47. The molecule has 0 heterocycles. The Labute approximate surface area is 115 Å². The van der Waals surface area contributed by atoms with Crippen LogP contribution in [0.1, 0.15) is 19.4 Å². The van der Waals surface area contributed by atoms with Crippen molar-refractivity contribution in [1.29, 1.82) is 0 Å². The normalized spacial score (nSPS) is 12.1. The van der Waals surface area contributed by atoms with Crippen molar-refractivity contribution in [3.05, 3.63) is 29.8 Å². The average molecular weight is 290 g/mol. The molecule has 0 spiro atoms. The first-order chi connectivity index (χ1) is 9.09. The van der Waals surface area contributed by atoms with E-state index in [2.05, 4.69) is 10.1 Å². The smallest absolute Gasteiger partial charge is 0.406 e. The van der Waals surface area contributed by atoms with Crippen LogP contribution in [0, 0.1) is 0 Å². The summed E-state index contributed by atoms with van der Waals surface area (Å²) < 4.78 is 40.6. The molecule has 4 nitrogen and oxygen atoms in total. The molecule has 7 heteroatoms. The number of carbonyl (C=O) groups is 1. The second-order valence-electron chi connectivity index (χ2n) is 4.88. The predicted octanol–water partition coefficient (Wildman–Crippen LogP) is 1.98. The molecular formula is C13H17F3N2O2. The molecule has 0 aliphatic carbocycles. The van der Waals surface area contributed by atoms with E-state index in [-0.39, 0.29) is 24.6 Å². The van der Waals surface area contributed by atoms with E-state index in [0.29, 0.717) is 5.56 Å². The molecule has 0 radical (unpaired) electrons. The minimum atomic E-state index is -4.74. The lowest BCUT2D eigenvalue weighted by Crippen LogP contribution is -2.49. The van der Waals surface area contributed by atoms with Crippen LogP contribution in [-0.4, -0.2) is 24.4 Å². The third-order valence-electron chi connectivity index (χ3n) is 2.46. The summed E-state index contributed by atoms with van der Waals surface area (Å²) in [7, 11) is 0. The second-order valence-corrected chi connectivity index (χ2v) is 4.88. The number of nitrogens with one attached hydrogen (secondary N) is 1. The fourth-order valence-electron chi connectivity index (χ4n) is 1.47. The molecule has 0 atom stereocenters. The summed E-state index contributed by atoms with van der Waals surface area (Å²) in [6.07, 6.45) is -4.52. The van der Waals surface area contributed by atoms with Gasteiger partial charge in [-0.3, -0.25) is 4.79 Å². The van der Waals surface area contributed by atoms with Gasteiger partial charge in [-0.15, -0.1) is 13.2 Å². The van der Waals surface area contributed by atoms with Crippen LogP contribution < -0.4 is 15.8 Å². The molecule has 112 valence electrons. The summed E-state index contributed by atoms with van der Waals surface area (Å²) in [5, 5.41) is 2.56. The number of nitrogens with two attached hydrogens (primary N) is 1. The first-order valence-corrected chi connectivity index (χ1v) is 6.00. The Morgan fingerprint density at radius 1 is 1.30 bits per heavy atom. The van der Waals surface area contributed by atoms with E-state index in [9.17, 15) is 18.0 Å². The first-order valence-electron chi connectivity index (χ1n) is 6.00. The number of ether oxygens (including phenoxy) is 1. The van der Waals surface area contributed by atoms with Crippen molar-refractivity contribution < 1.29 is 22.7 Å². The van der Waals surface area contributed by atoms with E-state index in [1.165, 1.54) is 18.2 Å². The number of hydrogen-bond acceptors (Lipinski definition) is 3. The molecule has 1 amide bonds. The molecule has 1 aromatic rings. The van der Waals surface area contributed by atoms with Crippen molar-refractivity contribution in [2.75, 3.05) is 6.54 Å². The van der Waals surface area contributed by atoms with Gasteiger partial charge in [0.2, 0.25) is 5.91 Å². The van der Waals surface area contributed by atoms with Gasteiger partial charge in [-0.1, -0.05) is 18.2 Å². The molecule has 0 saturated carbocycles. The molecule has 0 aromatic heterocycles. The van der Waals surface area contributed by atoms with Gasteiger partial charge < -0.3 is 15.8 Å². The highest BCUT2D eigenvalue weighted by atomic mass is 19.4. The Hall–Kier alpha value is -1.76. The predicted molar refractivity (Wildman–Crippen MR) is 68.1 cm³/mol. The van der Waals surface area contributed by atoms with Crippen molar-refractivity contribution in [2.45, 2.75) is 32.2 Å². The van der Waals surface area contributed by atoms with Crippen LogP contribution in [0.15, 0.2) is 24.3 Å². The number of para-hydroxylation sites is 1. The molecule has 3 N–H and O–H groups in total. The third-order valence-corrected chi connectivity index (χ3v) is 2.46. The van der Waals surface area contributed by atoms with Gasteiger partial charge in [-0.05, 0) is 31.9 Å². The standard InChI is InChI=1S/C13H17F3N2O2/c1-12(2,17)11(19)18-8-7-9-5-3-4-6-10(9)20-13(14,15)16/h3-6H,7-8,17H2,1-2H3,(H,18,19). The highest BCUT2D eigenvalue weighted by Gasteiger charge is 2.32. The minimum Gasteiger partial charge on any atom is -0.406 e. The Morgan fingerprint density at radius 2 is 1.90 bits per heavy atom. The van der Waals surface area contributed by atoms with Gasteiger partial charge in [0.1, 0.15) is 5.75 Å². The SMILES string of the molecule is CC(C)(N)C(=O)NCCc1ccccc1OC(F)(F)F. The largest absolute Gasteiger partial charge is 0.573 e. The highest BCUT2D eigenvalue weighted by Crippen LogP contribution is 2.26. The topological polar surface area (TPSA) is 64.4 Å². The van der Waals surface area contributed by atoms with E-state index in [1.54, 1.807) is 19.9 Å². The highest BCUT2D eigenvalue weighted by molar-refractivity contribution is 5.85. The summed E-state index contributed by atoms with van der Waals surface area (Å²) in [6, 6.07) is 5.80. The van der Waals surface area contributed by atoms with Crippen molar-refractivity contribution >= 4 is 5.91 Å². The zero-order valence-electron chi connectivity index (χ0n) is 11.3. The maximum atomic E-state index is 12.2. The first kappa shape index (κ1) is 16.3. The van der Waals surface area contributed by atoms with Crippen molar-refractivity contribution in [3.8, 4) is 5.75 Å². The zero-order valence-corrected chi connectivity index (χ0v) is 11.3. The average Bonchev–Trinajstić information content (AvgIpc) is 2.28. The van der Waals surface area contributed by atoms with Crippen LogP contribution >= 0.6 is 0 Å². The van der Waals surface area contributed by atoms with Gasteiger partial charge >= 0.3 is 6.36 Å². The third kappa shape index (κ3) is 5.48. The summed E-state index contributed by atoms with van der Waals surface area (Å²) in [5.41, 5.74) is 4.92. The Balaban J connectivity index is 2.63. The zero-order chi connectivity index (χ0) is 15.4. The van der Waals surface area contributed by atoms with Crippen molar-refractivity contribution in [1.82, 2.24) is 5.32 Å². The number of benzene rings is 1. The van der Waals surface area contributed by atoms with Gasteiger partial charge in [0.25, 0.3) is 0 Å². The summed E-state index contributed by atoms with van der Waals surface area (Å²) in [5.74, 6) is -0.632. The lowest BCUT2D eigenvalue weighted by atomic mass is 10.1. The molecule has 20 heavy (non-hydrogen) atoms. The summed E-state index contributed by atoms with van der Waals surface area (Å²) >= 11 is 0. The van der Waals surface area contributed by atoms with E-state index >= 15 is 0 Å². The summed E-state index contributed by atoms with van der Waals surface area (Å²) in [4.78, 5) is 11.5. The van der Waals surface area contributed by atoms with Crippen LogP contribution in [0.5, 0.6) is 5.75 Å². The molecular weight excluding hydrogens is 273 g/mol. The second kappa shape index (κ2) is 6.13. The lowest BCUT2D eigenvalue weighted by molar-refractivity contribution is -0.274. The molecule has 0 aliphatic rings. The Morgan fingerprint density at radius 3 is 2.45 bits per heavy atom. The Kier molecular flexibility index (Phi) is 4.99. The molecule has 1 rings (SSSR count). The maximum absolute atomic E-state index is 12.2.